The second-order valence-electron chi connectivity index (χ2n) is 5.74. The molecule has 1 N–H and O–H groups in total. The molecule has 2 aliphatic rings. The molecule has 4 atom stereocenters. The molecular formula is C14H18O4. The molecule has 18 heavy (non-hydrogen) atoms. The number of hydrogen-bond acceptors (Lipinski definition) is 4. The highest BCUT2D eigenvalue weighted by Gasteiger charge is 2.49. The Morgan fingerprint density at radius 1 is 1.50 bits per heavy atom. The van der Waals surface area contributed by atoms with Crippen LogP contribution in [0.5, 0.6) is 0 Å². The minimum absolute atomic E-state index is 0.106. The summed E-state index contributed by atoms with van der Waals surface area (Å²) in [7, 11) is 0. The van der Waals surface area contributed by atoms with Gasteiger partial charge in [0.05, 0.1) is 17.8 Å². The highest BCUT2D eigenvalue weighted by molar-refractivity contribution is 5.75. The lowest BCUT2D eigenvalue weighted by atomic mass is 9.86. The van der Waals surface area contributed by atoms with Gasteiger partial charge in [-0.1, -0.05) is 6.92 Å². The molecule has 2 heterocycles. The van der Waals surface area contributed by atoms with Crippen molar-refractivity contribution in [1.82, 2.24) is 0 Å². The number of aliphatic hydroxyl groups is 1. The fraction of sp³-hybridized carbons (Fsp3) is 0.643. The molecule has 1 saturated heterocycles. The minimum Gasteiger partial charge on any atom is -0.469 e. The Kier molecular flexibility index (Phi) is 2.36. The van der Waals surface area contributed by atoms with Crippen molar-refractivity contribution in [2.45, 2.75) is 45.3 Å². The molecule has 1 aliphatic carbocycles. The van der Waals surface area contributed by atoms with Crippen molar-refractivity contribution in [3.63, 3.8) is 0 Å². The van der Waals surface area contributed by atoms with Crippen molar-refractivity contribution >= 4 is 5.97 Å². The Bertz CT molecular complexity index is 500. The molecule has 1 fully saturated rings. The van der Waals surface area contributed by atoms with Crippen LogP contribution in [-0.4, -0.2) is 11.1 Å². The lowest BCUT2D eigenvalue weighted by Crippen LogP contribution is -2.21. The molecule has 0 radical (unpaired) electrons. The zero-order chi connectivity index (χ0) is 13.1. The average Bonchev–Trinajstić information content (AvgIpc) is 2.76. The molecule has 1 aromatic heterocycles. The molecular weight excluding hydrogens is 232 g/mol. The SMILES string of the molecule is Cc1occ2c1[C@H]1OC(=O)[C@@H](C)[C@@H]1CC[C@]2(C)O. The maximum Gasteiger partial charge on any atom is 0.309 e. The lowest BCUT2D eigenvalue weighted by Gasteiger charge is -2.21. The fourth-order valence-corrected chi connectivity index (χ4v) is 3.25. The van der Waals surface area contributed by atoms with Gasteiger partial charge in [-0.25, -0.2) is 0 Å². The summed E-state index contributed by atoms with van der Waals surface area (Å²) in [5.74, 6) is 0.634. The Labute approximate surface area is 106 Å². The summed E-state index contributed by atoms with van der Waals surface area (Å²) < 4.78 is 10.9. The molecule has 0 spiro atoms. The summed E-state index contributed by atoms with van der Waals surface area (Å²) in [6.45, 7) is 5.56. The van der Waals surface area contributed by atoms with E-state index in [1.807, 2.05) is 13.8 Å². The Balaban J connectivity index is 2.15. The van der Waals surface area contributed by atoms with Gasteiger partial charge in [0.15, 0.2) is 0 Å². The predicted molar refractivity (Wildman–Crippen MR) is 63.7 cm³/mol. The first kappa shape index (κ1) is 11.8. The highest BCUT2D eigenvalue weighted by atomic mass is 16.6. The number of fused-ring (bicyclic) bond motifs is 3. The molecule has 4 heteroatoms. The Morgan fingerprint density at radius 3 is 2.94 bits per heavy atom. The van der Waals surface area contributed by atoms with Gasteiger partial charge in [-0.2, -0.15) is 0 Å². The first-order chi connectivity index (χ1) is 8.42. The van der Waals surface area contributed by atoms with Crippen LogP contribution in [-0.2, 0) is 15.1 Å². The van der Waals surface area contributed by atoms with Gasteiger partial charge < -0.3 is 14.3 Å². The topological polar surface area (TPSA) is 59.7 Å². The maximum absolute atomic E-state index is 11.7. The van der Waals surface area contributed by atoms with E-state index in [2.05, 4.69) is 0 Å². The first-order valence-corrected chi connectivity index (χ1v) is 6.43. The van der Waals surface area contributed by atoms with Crippen LogP contribution in [0.15, 0.2) is 10.7 Å². The van der Waals surface area contributed by atoms with Crippen molar-refractivity contribution in [2.24, 2.45) is 11.8 Å². The summed E-state index contributed by atoms with van der Waals surface area (Å²) in [5, 5.41) is 10.5. The van der Waals surface area contributed by atoms with E-state index in [-0.39, 0.29) is 23.9 Å². The number of furan rings is 1. The maximum atomic E-state index is 11.7. The van der Waals surface area contributed by atoms with Crippen LogP contribution >= 0.6 is 0 Å². The van der Waals surface area contributed by atoms with E-state index in [0.29, 0.717) is 6.42 Å². The second-order valence-corrected chi connectivity index (χ2v) is 5.74. The molecule has 98 valence electrons. The van der Waals surface area contributed by atoms with Gasteiger partial charge in [0.2, 0.25) is 0 Å². The predicted octanol–water partition coefficient (Wildman–Crippen LogP) is 2.44. The first-order valence-electron chi connectivity index (χ1n) is 6.43. The van der Waals surface area contributed by atoms with Gasteiger partial charge >= 0.3 is 5.97 Å². The van der Waals surface area contributed by atoms with Gasteiger partial charge in [0.25, 0.3) is 0 Å². The standard InChI is InChI=1S/C14H18O4/c1-7-9-4-5-14(3,16)10-6-17-8(2)11(10)12(9)18-13(7)15/h6-7,9,12,16H,4-5H2,1-3H3/t7-,9-,12-,14-/m0/s1. The summed E-state index contributed by atoms with van der Waals surface area (Å²) in [6.07, 6.45) is 2.76. The molecule has 0 unspecified atom stereocenters. The number of carbonyl (C=O) groups is 1. The number of ether oxygens (including phenoxy) is 1. The third-order valence-electron chi connectivity index (χ3n) is 4.50. The lowest BCUT2D eigenvalue weighted by molar-refractivity contribution is -0.144. The van der Waals surface area contributed by atoms with Crippen molar-refractivity contribution in [3.8, 4) is 0 Å². The number of carbonyl (C=O) groups excluding carboxylic acids is 1. The monoisotopic (exact) mass is 250 g/mol. The van der Waals surface area contributed by atoms with Crippen LogP contribution in [0.1, 0.15) is 49.7 Å². The third-order valence-corrected chi connectivity index (χ3v) is 4.50. The average molecular weight is 250 g/mol. The van der Waals surface area contributed by atoms with Crippen LogP contribution in [0, 0.1) is 18.8 Å². The van der Waals surface area contributed by atoms with Crippen LogP contribution in [0.4, 0.5) is 0 Å². The molecule has 0 bridgehead atoms. The van der Waals surface area contributed by atoms with E-state index >= 15 is 0 Å². The van der Waals surface area contributed by atoms with Gasteiger partial charge in [-0.15, -0.1) is 0 Å². The Hall–Kier alpha value is -1.29. The molecule has 0 saturated carbocycles. The fourth-order valence-electron chi connectivity index (χ4n) is 3.25. The van der Waals surface area contributed by atoms with Gasteiger partial charge in [0, 0.05) is 17.0 Å². The van der Waals surface area contributed by atoms with Gasteiger partial charge in [0.1, 0.15) is 11.9 Å². The third kappa shape index (κ3) is 1.45. The van der Waals surface area contributed by atoms with Crippen LogP contribution in [0.2, 0.25) is 0 Å². The van der Waals surface area contributed by atoms with Gasteiger partial charge in [-0.05, 0) is 26.7 Å². The van der Waals surface area contributed by atoms with Crippen LogP contribution in [0.3, 0.4) is 0 Å². The Morgan fingerprint density at radius 2 is 2.22 bits per heavy atom. The van der Waals surface area contributed by atoms with Crippen LogP contribution < -0.4 is 0 Å². The van der Waals surface area contributed by atoms with Crippen molar-refractivity contribution in [2.75, 3.05) is 0 Å². The smallest absolute Gasteiger partial charge is 0.309 e. The summed E-state index contributed by atoms with van der Waals surface area (Å²) >= 11 is 0. The van der Waals surface area contributed by atoms with E-state index < -0.39 is 5.60 Å². The van der Waals surface area contributed by atoms with E-state index in [1.54, 1.807) is 13.2 Å². The number of aryl methyl sites for hydroxylation is 1. The van der Waals surface area contributed by atoms with E-state index in [0.717, 1.165) is 23.3 Å². The molecule has 1 aromatic rings. The molecule has 3 rings (SSSR count). The number of rotatable bonds is 0. The molecule has 1 aliphatic heterocycles. The van der Waals surface area contributed by atoms with Crippen molar-refractivity contribution < 1.29 is 19.1 Å². The zero-order valence-electron chi connectivity index (χ0n) is 10.9. The zero-order valence-corrected chi connectivity index (χ0v) is 10.9. The van der Waals surface area contributed by atoms with Crippen LogP contribution in [0.25, 0.3) is 0 Å². The highest BCUT2D eigenvalue weighted by Crippen LogP contribution is 2.50. The quantitative estimate of drug-likeness (QED) is 0.718. The molecule has 4 nitrogen and oxygen atoms in total. The van der Waals surface area contributed by atoms with Gasteiger partial charge in [-0.3, -0.25) is 4.79 Å². The van der Waals surface area contributed by atoms with Crippen molar-refractivity contribution in [3.05, 3.63) is 23.2 Å². The second kappa shape index (κ2) is 3.60. The molecule has 0 aromatic carbocycles. The molecule has 0 amide bonds. The summed E-state index contributed by atoms with van der Waals surface area (Å²) in [4.78, 5) is 11.7. The van der Waals surface area contributed by atoms with E-state index in [4.69, 9.17) is 9.15 Å². The summed E-state index contributed by atoms with van der Waals surface area (Å²) in [6, 6.07) is 0. The summed E-state index contributed by atoms with van der Waals surface area (Å²) in [5.41, 5.74) is 0.749. The number of esters is 1. The van der Waals surface area contributed by atoms with E-state index in [1.165, 1.54) is 0 Å². The number of hydrogen-bond donors (Lipinski definition) is 1. The largest absolute Gasteiger partial charge is 0.469 e. The minimum atomic E-state index is -0.899. The normalized spacial score (nSPS) is 38.9. The van der Waals surface area contributed by atoms with E-state index in [9.17, 15) is 9.90 Å². The van der Waals surface area contributed by atoms with Crippen molar-refractivity contribution in [1.29, 1.82) is 0 Å².